The molecule has 0 radical (unpaired) electrons. The van der Waals surface area contributed by atoms with Crippen molar-refractivity contribution in [1.82, 2.24) is 5.32 Å². The fraction of sp³-hybridized carbons (Fsp3) is 0.200. The summed E-state index contributed by atoms with van der Waals surface area (Å²) in [5.74, 6) is 0. The summed E-state index contributed by atoms with van der Waals surface area (Å²) in [7, 11) is 1.28. The quantitative estimate of drug-likeness (QED) is 0.783. The molecule has 0 aromatic heterocycles. The van der Waals surface area contributed by atoms with Crippen molar-refractivity contribution in [2.24, 2.45) is 0 Å². The van der Waals surface area contributed by atoms with Gasteiger partial charge in [-0.2, -0.15) is 0 Å². The zero-order valence-corrected chi connectivity index (χ0v) is 11.2. The van der Waals surface area contributed by atoms with Gasteiger partial charge in [-0.05, 0) is 52.8 Å². The average Bonchev–Trinajstić information content (AvgIpc) is 2.22. The smallest absolute Gasteiger partial charge is 0.413 e. The fourth-order valence-corrected chi connectivity index (χ4v) is 1.80. The molecule has 0 aliphatic heterocycles. The van der Waals surface area contributed by atoms with E-state index < -0.39 is 6.09 Å². The Morgan fingerprint density at radius 3 is 2.75 bits per heavy atom. The summed E-state index contributed by atoms with van der Waals surface area (Å²) >= 11 is 8.32. The first kappa shape index (κ1) is 12.9. The molecule has 1 aromatic carbocycles. The first-order valence-corrected chi connectivity index (χ1v) is 5.65. The summed E-state index contributed by atoms with van der Waals surface area (Å²) in [6.07, 6.45) is -0.597. The van der Waals surface area contributed by atoms with E-state index in [4.69, 9.17) is 12.2 Å². The average molecular weight is 303 g/mol. The number of nitrogens with one attached hydrogen (secondary N) is 2. The number of anilines is 1. The molecule has 0 fully saturated rings. The molecular weight excluding hydrogens is 292 g/mol. The van der Waals surface area contributed by atoms with Crippen LogP contribution in [0.5, 0.6) is 0 Å². The van der Waals surface area contributed by atoms with Crippen LogP contribution in [0.2, 0.25) is 0 Å². The van der Waals surface area contributed by atoms with Gasteiger partial charge in [-0.25, -0.2) is 4.79 Å². The first-order chi connectivity index (χ1) is 7.52. The fourth-order valence-electron chi connectivity index (χ4n) is 1.02. The van der Waals surface area contributed by atoms with Gasteiger partial charge >= 0.3 is 6.09 Å². The Labute approximate surface area is 107 Å². The summed E-state index contributed by atoms with van der Waals surface area (Å²) < 4.78 is 5.30. The highest BCUT2D eigenvalue weighted by Crippen LogP contribution is 2.23. The van der Waals surface area contributed by atoms with Gasteiger partial charge < -0.3 is 10.1 Å². The minimum Gasteiger partial charge on any atom is -0.453 e. The summed E-state index contributed by atoms with van der Waals surface area (Å²) in [5, 5.41) is 5.42. The van der Waals surface area contributed by atoms with Crippen molar-refractivity contribution in [1.29, 1.82) is 0 Å². The number of benzene rings is 1. The lowest BCUT2D eigenvalue weighted by Gasteiger charge is -2.10. The van der Waals surface area contributed by atoms with Crippen LogP contribution in [-0.4, -0.2) is 18.3 Å². The number of carbonyl (C=O) groups is 1. The number of hydrogen-bond donors (Lipinski definition) is 2. The molecule has 1 aromatic rings. The molecule has 0 bridgehead atoms. The third-order valence-corrected chi connectivity index (χ3v) is 2.63. The standard InChI is InChI=1S/C10H11BrN2O2S/c1-6-3-4-8(7(11)5-6)12-9(16)13-10(14)15-2/h3-5H,1-2H3,(H2,12,13,14,16). The number of amides is 1. The van der Waals surface area contributed by atoms with Gasteiger partial charge in [0.25, 0.3) is 0 Å². The van der Waals surface area contributed by atoms with E-state index in [1.165, 1.54) is 7.11 Å². The Hall–Kier alpha value is -1.14. The highest BCUT2D eigenvalue weighted by Gasteiger charge is 2.05. The highest BCUT2D eigenvalue weighted by atomic mass is 79.9. The van der Waals surface area contributed by atoms with Gasteiger partial charge in [-0.3, -0.25) is 5.32 Å². The van der Waals surface area contributed by atoms with Crippen LogP contribution in [0.25, 0.3) is 0 Å². The van der Waals surface area contributed by atoms with Crippen molar-refractivity contribution in [3.63, 3.8) is 0 Å². The second-order valence-electron chi connectivity index (χ2n) is 3.05. The minimum absolute atomic E-state index is 0.191. The van der Waals surface area contributed by atoms with Crippen LogP contribution in [-0.2, 0) is 4.74 Å². The summed E-state index contributed by atoms with van der Waals surface area (Å²) in [4.78, 5) is 10.9. The highest BCUT2D eigenvalue weighted by molar-refractivity contribution is 9.10. The first-order valence-electron chi connectivity index (χ1n) is 4.45. The van der Waals surface area contributed by atoms with Crippen LogP contribution in [0.1, 0.15) is 5.56 Å². The van der Waals surface area contributed by atoms with Gasteiger partial charge in [0.15, 0.2) is 5.11 Å². The van der Waals surface area contributed by atoms with E-state index in [1.54, 1.807) is 0 Å². The molecule has 0 saturated carbocycles. The summed E-state index contributed by atoms with van der Waals surface area (Å²) in [6, 6.07) is 5.75. The maximum atomic E-state index is 10.9. The third-order valence-electron chi connectivity index (χ3n) is 1.77. The van der Waals surface area contributed by atoms with Crippen molar-refractivity contribution in [3.05, 3.63) is 28.2 Å². The van der Waals surface area contributed by atoms with Gasteiger partial charge in [0.1, 0.15) is 0 Å². The molecule has 0 aliphatic rings. The third kappa shape index (κ3) is 3.79. The van der Waals surface area contributed by atoms with E-state index in [2.05, 4.69) is 31.3 Å². The predicted molar refractivity (Wildman–Crippen MR) is 70.6 cm³/mol. The maximum absolute atomic E-state index is 10.9. The van der Waals surface area contributed by atoms with Crippen molar-refractivity contribution in [2.45, 2.75) is 6.92 Å². The Morgan fingerprint density at radius 1 is 1.50 bits per heavy atom. The van der Waals surface area contributed by atoms with Crippen LogP contribution in [0.3, 0.4) is 0 Å². The Morgan fingerprint density at radius 2 is 2.19 bits per heavy atom. The van der Waals surface area contributed by atoms with Gasteiger partial charge in [-0.1, -0.05) is 6.07 Å². The molecule has 86 valence electrons. The number of hydrogen-bond acceptors (Lipinski definition) is 3. The van der Waals surface area contributed by atoms with Crippen LogP contribution in [0, 0.1) is 6.92 Å². The number of halogens is 1. The van der Waals surface area contributed by atoms with E-state index in [0.717, 1.165) is 15.7 Å². The van der Waals surface area contributed by atoms with E-state index in [-0.39, 0.29) is 5.11 Å². The largest absolute Gasteiger partial charge is 0.453 e. The SMILES string of the molecule is COC(=O)NC(=S)Nc1ccc(C)cc1Br. The number of carbonyl (C=O) groups excluding carboxylic acids is 1. The molecule has 0 spiro atoms. The lowest BCUT2D eigenvalue weighted by atomic mass is 10.2. The summed E-state index contributed by atoms with van der Waals surface area (Å²) in [5.41, 5.74) is 1.91. The monoisotopic (exact) mass is 302 g/mol. The van der Waals surface area contributed by atoms with Crippen molar-refractivity contribution >= 4 is 45.0 Å². The Balaban J connectivity index is 2.66. The van der Waals surface area contributed by atoms with Gasteiger partial charge in [0.2, 0.25) is 0 Å². The zero-order valence-electron chi connectivity index (χ0n) is 8.83. The molecule has 1 amide bonds. The molecular formula is C10H11BrN2O2S. The zero-order chi connectivity index (χ0) is 12.1. The van der Waals surface area contributed by atoms with E-state index >= 15 is 0 Å². The lowest BCUT2D eigenvalue weighted by molar-refractivity contribution is 0.177. The van der Waals surface area contributed by atoms with E-state index in [9.17, 15) is 4.79 Å². The number of ether oxygens (including phenoxy) is 1. The van der Waals surface area contributed by atoms with Crippen LogP contribution in [0.4, 0.5) is 10.5 Å². The molecule has 6 heteroatoms. The molecule has 0 aliphatic carbocycles. The Kier molecular flexibility index (Phi) is 4.70. The lowest BCUT2D eigenvalue weighted by Crippen LogP contribution is -2.33. The van der Waals surface area contributed by atoms with Crippen LogP contribution < -0.4 is 10.6 Å². The van der Waals surface area contributed by atoms with Crippen molar-refractivity contribution < 1.29 is 9.53 Å². The number of thiocarbonyl (C=S) groups is 1. The number of rotatable bonds is 1. The maximum Gasteiger partial charge on any atom is 0.413 e. The normalized spacial score (nSPS) is 9.44. The molecule has 0 saturated heterocycles. The predicted octanol–water partition coefficient (Wildman–Crippen LogP) is 2.81. The number of aryl methyl sites for hydroxylation is 1. The number of methoxy groups -OCH3 is 1. The van der Waals surface area contributed by atoms with E-state index in [0.29, 0.717) is 0 Å². The van der Waals surface area contributed by atoms with Crippen molar-refractivity contribution in [3.8, 4) is 0 Å². The van der Waals surface area contributed by atoms with Gasteiger partial charge in [-0.15, -0.1) is 0 Å². The Bertz CT molecular complexity index is 423. The van der Waals surface area contributed by atoms with Crippen LogP contribution >= 0.6 is 28.1 Å². The van der Waals surface area contributed by atoms with Gasteiger partial charge in [0, 0.05) is 4.47 Å². The second-order valence-corrected chi connectivity index (χ2v) is 4.32. The molecule has 0 unspecified atom stereocenters. The van der Waals surface area contributed by atoms with Crippen LogP contribution in [0.15, 0.2) is 22.7 Å². The molecule has 1 rings (SSSR count). The molecule has 2 N–H and O–H groups in total. The van der Waals surface area contributed by atoms with Gasteiger partial charge in [0.05, 0.1) is 12.8 Å². The molecule has 0 heterocycles. The molecule has 16 heavy (non-hydrogen) atoms. The van der Waals surface area contributed by atoms with E-state index in [1.807, 2.05) is 25.1 Å². The molecule has 4 nitrogen and oxygen atoms in total. The minimum atomic E-state index is -0.597. The summed E-state index contributed by atoms with van der Waals surface area (Å²) in [6.45, 7) is 1.99. The second kappa shape index (κ2) is 5.81. The topological polar surface area (TPSA) is 50.4 Å². The van der Waals surface area contributed by atoms with Crippen molar-refractivity contribution in [2.75, 3.05) is 12.4 Å². The molecule has 0 atom stereocenters. The number of alkyl carbamates (subject to hydrolysis) is 1.